The standard InChI is InChI=1S/C14H27O2P/c1-13(2,3)17(16,14(4,5)6)12-9-7-8-11(15)10-12/h12H,7-10H2,1-6H3. The van der Waals surface area contributed by atoms with E-state index < -0.39 is 7.14 Å². The van der Waals surface area contributed by atoms with Crippen molar-refractivity contribution >= 4 is 12.9 Å². The van der Waals surface area contributed by atoms with Crippen molar-refractivity contribution in [2.24, 2.45) is 0 Å². The smallest absolute Gasteiger partial charge is 0.133 e. The second-order valence-electron chi connectivity index (χ2n) is 7.29. The van der Waals surface area contributed by atoms with Crippen molar-refractivity contribution in [3.63, 3.8) is 0 Å². The highest BCUT2D eigenvalue weighted by molar-refractivity contribution is 7.67. The lowest BCUT2D eigenvalue weighted by atomic mass is 9.99. The normalized spacial score (nSPS) is 23.9. The van der Waals surface area contributed by atoms with Crippen molar-refractivity contribution < 1.29 is 9.36 Å². The number of hydrogen-bond donors (Lipinski definition) is 0. The number of hydrogen-bond acceptors (Lipinski definition) is 2. The molecule has 17 heavy (non-hydrogen) atoms. The first-order valence-electron chi connectivity index (χ1n) is 6.62. The summed E-state index contributed by atoms with van der Waals surface area (Å²) in [5.41, 5.74) is 0.101. The zero-order valence-corrected chi connectivity index (χ0v) is 13.1. The first-order chi connectivity index (χ1) is 7.50. The molecular weight excluding hydrogens is 231 g/mol. The molecule has 0 aliphatic heterocycles. The molecule has 2 nitrogen and oxygen atoms in total. The maximum atomic E-state index is 13.6. The van der Waals surface area contributed by atoms with Gasteiger partial charge in [0.05, 0.1) is 0 Å². The molecule has 0 aromatic heterocycles. The van der Waals surface area contributed by atoms with Crippen LogP contribution in [0.2, 0.25) is 0 Å². The molecule has 0 saturated heterocycles. The number of rotatable bonds is 1. The van der Waals surface area contributed by atoms with E-state index in [0.29, 0.717) is 18.6 Å². The van der Waals surface area contributed by atoms with Gasteiger partial charge in [-0.1, -0.05) is 41.5 Å². The number of carbonyl (C=O) groups excluding carboxylic acids is 1. The SMILES string of the molecule is CC(C)(C)P(=O)(C1CCCC(=O)C1)C(C)(C)C. The molecule has 1 aliphatic rings. The van der Waals surface area contributed by atoms with Crippen molar-refractivity contribution in [2.45, 2.75) is 83.2 Å². The van der Waals surface area contributed by atoms with E-state index in [1.807, 2.05) is 0 Å². The van der Waals surface area contributed by atoms with Crippen LogP contribution in [0.15, 0.2) is 0 Å². The van der Waals surface area contributed by atoms with Crippen molar-refractivity contribution in [1.82, 2.24) is 0 Å². The summed E-state index contributed by atoms with van der Waals surface area (Å²) in [6.07, 6.45) is 3.09. The average Bonchev–Trinajstić information content (AvgIpc) is 2.12. The Bertz CT molecular complexity index is 326. The summed E-state index contributed by atoms with van der Waals surface area (Å²) in [5.74, 6) is 0.301. The van der Waals surface area contributed by atoms with Crippen LogP contribution < -0.4 is 0 Å². The predicted molar refractivity (Wildman–Crippen MR) is 74.4 cm³/mol. The molecule has 100 valence electrons. The van der Waals surface area contributed by atoms with Gasteiger partial charge in [0.2, 0.25) is 0 Å². The van der Waals surface area contributed by atoms with Crippen LogP contribution in [0.25, 0.3) is 0 Å². The summed E-state index contributed by atoms with van der Waals surface area (Å²) in [6.45, 7) is 12.4. The van der Waals surface area contributed by atoms with Crippen molar-refractivity contribution in [3.05, 3.63) is 0 Å². The minimum absolute atomic E-state index is 0.101. The van der Waals surface area contributed by atoms with E-state index in [1.165, 1.54) is 0 Å². The van der Waals surface area contributed by atoms with Gasteiger partial charge in [0.25, 0.3) is 0 Å². The van der Waals surface area contributed by atoms with Gasteiger partial charge in [-0.15, -0.1) is 0 Å². The maximum Gasteiger partial charge on any atom is 0.133 e. The Labute approximate surface area is 106 Å². The molecule has 0 radical (unpaired) electrons. The molecule has 0 N–H and O–H groups in total. The quantitative estimate of drug-likeness (QED) is 0.651. The van der Waals surface area contributed by atoms with Crippen LogP contribution in [-0.2, 0) is 9.36 Å². The Hall–Kier alpha value is -0.100. The number of ketones is 1. The Morgan fingerprint density at radius 2 is 1.53 bits per heavy atom. The molecule has 1 aliphatic carbocycles. The van der Waals surface area contributed by atoms with Gasteiger partial charge in [-0.3, -0.25) is 4.79 Å². The fraction of sp³-hybridized carbons (Fsp3) is 0.929. The zero-order chi connectivity index (χ0) is 13.5. The predicted octanol–water partition coefficient (Wildman–Crippen LogP) is 4.46. The lowest BCUT2D eigenvalue weighted by molar-refractivity contribution is -0.120. The first-order valence-corrected chi connectivity index (χ1v) is 8.39. The van der Waals surface area contributed by atoms with Crippen molar-refractivity contribution in [1.29, 1.82) is 0 Å². The van der Waals surface area contributed by atoms with Crippen LogP contribution in [0, 0.1) is 0 Å². The van der Waals surface area contributed by atoms with Gasteiger partial charge in [0.1, 0.15) is 12.9 Å². The van der Waals surface area contributed by atoms with Gasteiger partial charge in [-0.25, -0.2) is 0 Å². The molecule has 1 fully saturated rings. The van der Waals surface area contributed by atoms with Gasteiger partial charge >= 0.3 is 0 Å². The van der Waals surface area contributed by atoms with E-state index in [1.54, 1.807) is 0 Å². The van der Waals surface area contributed by atoms with Crippen molar-refractivity contribution in [3.8, 4) is 0 Å². The molecular formula is C14H27O2P. The highest BCUT2D eigenvalue weighted by atomic mass is 31.2. The van der Waals surface area contributed by atoms with Gasteiger partial charge in [-0.2, -0.15) is 0 Å². The first kappa shape index (κ1) is 15.0. The summed E-state index contributed by atoms with van der Waals surface area (Å²) in [5, 5.41) is -0.429. The molecule has 0 aromatic rings. The highest BCUT2D eigenvalue weighted by Crippen LogP contribution is 2.71. The third-order valence-electron chi connectivity index (χ3n) is 3.96. The molecule has 0 bridgehead atoms. The number of carbonyl (C=O) groups is 1. The van der Waals surface area contributed by atoms with E-state index in [4.69, 9.17) is 0 Å². The fourth-order valence-electron chi connectivity index (χ4n) is 3.41. The van der Waals surface area contributed by atoms with Crippen molar-refractivity contribution in [2.75, 3.05) is 0 Å². The molecule has 0 amide bonds. The van der Waals surface area contributed by atoms with E-state index >= 15 is 0 Å². The lowest BCUT2D eigenvalue weighted by Gasteiger charge is -2.46. The minimum atomic E-state index is -2.42. The Balaban J connectivity index is 3.17. The average molecular weight is 258 g/mol. The molecule has 0 spiro atoms. The van der Waals surface area contributed by atoms with Gasteiger partial charge in [0.15, 0.2) is 0 Å². The summed E-state index contributed by atoms with van der Waals surface area (Å²) in [6, 6.07) is 0. The second-order valence-corrected chi connectivity index (χ2v) is 12.0. The zero-order valence-electron chi connectivity index (χ0n) is 12.2. The van der Waals surface area contributed by atoms with Gasteiger partial charge < -0.3 is 4.57 Å². The summed E-state index contributed by atoms with van der Waals surface area (Å²) < 4.78 is 13.6. The van der Waals surface area contributed by atoms with Crippen LogP contribution in [0.1, 0.15) is 67.2 Å². The third kappa shape index (κ3) is 2.67. The third-order valence-corrected chi connectivity index (χ3v) is 9.42. The molecule has 0 aromatic carbocycles. The highest BCUT2D eigenvalue weighted by Gasteiger charge is 2.51. The Morgan fingerprint density at radius 1 is 1.06 bits per heavy atom. The minimum Gasteiger partial charge on any atom is -0.322 e. The molecule has 1 atom stereocenters. The molecule has 3 heteroatoms. The fourth-order valence-corrected chi connectivity index (χ4v) is 8.62. The van der Waals surface area contributed by atoms with E-state index in [9.17, 15) is 9.36 Å². The molecule has 1 saturated carbocycles. The van der Waals surface area contributed by atoms with E-state index in [2.05, 4.69) is 41.5 Å². The Morgan fingerprint density at radius 3 is 1.88 bits per heavy atom. The molecule has 0 heterocycles. The van der Waals surface area contributed by atoms with Gasteiger partial charge in [-0.05, 0) is 12.8 Å². The van der Waals surface area contributed by atoms with Gasteiger partial charge in [0, 0.05) is 28.8 Å². The summed E-state index contributed by atoms with van der Waals surface area (Å²) in [4.78, 5) is 11.7. The van der Waals surface area contributed by atoms with Crippen LogP contribution in [-0.4, -0.2) is 21.8 Å². The Kier molecular flexibility index (Phi) is 3.99. The molecule has 1 unspecified atom stereocenters. The topological polar surface area (TPSA) is 34.1 Å². The maximum absolute atomic E-state index is 13.6. The summed E-state index contributed by atoms with van der Waals surface area (Å²) >= 11 is 0. The largest absolute Gasteiger partial charge is 0.322 e. The van der Waals surface area contributed by atoms with Crippen LogP contribution in [0.5, 0.6) is 0 Å². The second kappa shape index (κ2) is 4.53. The van der Waals surface area contributed by atoms with Crippen LogP contribution >= 0.6 is 7.14 Å². The van der Waals surface area contributed by atoms with Crippen LogP contribution in [0.4, 0.5) is 0 Å². The monoisotopic (exact) mass is 258 g/mol. The summed E-state index contributed by atoms with van der Waals surface area (Å²) in [7, 11) is -2.42. The van der Waals surface area contributed by atoms with E-state index in [-0.39, 0.29) is 16.0 Å². The van der Waals surface area contributed by atoms with Crippen LogP contribution in [0.3, 0.4) is 0 Å². The van der Waals surface area contributed by atoms with E-state index in [0.717, 1.165) is 12.8 Å². The lowest BCUT2D eigenvalue weighted by Crippen LogP contribution is -2.37. The molecule has 1 rings (SSSR count). The number of Topliss-reactive ketones (excluding diaryl/α,β-unsaturated/α-hetero) is 1.